The average molecular weight is 288 g/mol. The first-order chi connectivity index (χ1) is 8.56. The molecule has 6 heteroatoms. The van der Waals surface area contributed by atoms with Crippen molar-refractivity contribution < 1.29 is 8.78 Å². The number of benzene rings is 1. The average Bonchev–Trinajstić information content (AvgIpc) is 2.68. The number of hydrogen-bond donors (Lipinski definition) is 1. The van der Waals surface area contributed by atoms with Crippen LogP contribution >= 0.6 is 24.0 Å². The van der Waals surface area contributed by atoms with Gasteiger partial charge in [0.1, 0.15) is 5.52 Å². The largest absolute Gasteiger partial charge is 0.330 e. The first-order valence-corrected chi connectivity index (χ1v) is 7.28. The number of H-pyrrole nitrogens is 1. The number of imidazole rings is 1. The maximum absolute atomic E-state index is 13.9. The molecule has 2 aromatic rings. The Kier molecular flexibility index (Phi) is 4.07. The molecule has 2 rings (SSSR count). The van der Waals surface area contributed by atoms with Crippen molar-refractivity contribution in [2.75, 3.05) is 11.5 Å². The molecule has 0 spiro atoms. The first-order valence-electron chi connectivity index (χ1n) is 5.72. The first kappa shape index (κ1) is 13.5. The van der Waals surface area contributed by atoms with Gasteiger partial charge in [0.25, 0.3) is 0 Å². The zero-order valence-electron chi connectivity index (χ0n) is 10.2. The van der Waals surface area contributed by atoms with Crippen LogP contribution in [0.3, 0.4) is 0 Å². The predicted octanol–water partition coefficient (Wildman–Crippen LogP) is 4.29. The Morgan fingerprint density at radius 2 is 2.17 bits per heavy atom. The van der Waals surface area contributed by atoms with Gasteiger partial charge in [0.2, 0.25) is 0 Å². The zero-order valence-corrected chi connectivity index (χ0v) is 11.8. The minimum atomic E-state index is -0.847. The summed E-state index contributed by atoms with van der Waals surface area (Å²) in [7, 11) is 0. The van der Waals surface area contributed by atoms with E-state index in [2.05, 4.69) is 11.9 Å². The number of hydrogen-bond acceptors (Lipinski definition) is 2. The number of aromatic nitrogens is 2. The van der Waals surface area contributed by atoms with Crippen LogP contribution in [-0.4, -0.2) is 21.1 Å². The Bertz CT molecular complexity index is 618. The van der Waals surface area contributed by atoms with Gasteiger partial charge in [-0.15, -0.1) is 0 Å². The normalized spacial score (nSPS) is 13.1. The van der Waals surface area contributed by atoms with Crippen LogP contribution in [0.5, 0.6) is 0 Å². The van der Waals surface area contributed by atoms with Crippen LogP contribution in [0.15, 0.2) is 12.1 Å². The molecule has 0 radical (unpaired) electrons. The van der Waals surface area contributed by atoms with E-state index in [1.807, 2.05) is 6.92 Å². The lowest BCUT2D eigenvalue weighted by Gasteiger charge is -2.14. The van der Waals surface area contributed by atoms with E-state index in [9.17, 15) is 8.78 Å². The lowest BCUT2D eigenvalue weighted by atomic mass is 10.2. The third kappa shape index (κ3) is 2.31. The molecule has 98 valence electrons. The third-order valence-electron chi connectivity index (χ3n) is 2.77. The van der Waals surface area contributed by atoms with E-state index in [-0.39, 0.29) is 11.6 Å². The van der Waals surface area contributed by atoms with E-state index in [1.54, 1.807) is 16.3 Å². The summed E-state index contributed by atoms with van der Waals surface area (Å²) in [6.07, 6.45) is 0. The molecule has 0 saturated heterocycles. The van der Waals surface area contributed by atoms with Crippen molar-refractivity contribution in [3.8, 4) is 0 Å². The maximum Gasteiger partial charge on any atom is 0.184 e. The Balaban J connectivity index is 2.59. The number of thioether (sulfide) groups is 1. The second-order valence-corrected chi connectivity index (χ2v) is 5.77. The van der Waals surface area contributed by atoms with E-state index in [4.69, 9.17) is 12.2 Å². The van der Waals surface area contributed by atoms with Gasteiger partial charge in [-0.1, -0.05) is 6.92 Å². The maximum atomic E-state index is 13.9. The zero-order chi connectivity index (χ0) is 13.3. The number of fused-ring (bicyclic) bond motifs is 1. The summed E-state index contributed by atoms with van der Waals surface area (Å²) < 4.78 is 29.3. The van der Waals surface area contributed by atoms with Crippen molar-refractivity contribution in [2.45, 2.75) is 19.9 Å². The fourth-order valence-electron chi connectivity index (χ4n) is 1.94. The standard InChI is InChI=1S/C12H14F2N2S2/c1-3-18-6-7(2)16-11-9(15-12(16)17)5-4-8(13)10(11)14/h4-5,7H,3,6H2,1-2H3,(H,15,17). The second kappa shape index (κ2) is 5.40. The lowest BCUT2D eigenvalue weighted by molar-refractivity contribution is 0.506. The predicted molar refractivity (Wildman–Crippen MR) is 74.7 cm³/mol. The van der Waals surface area contributed by atoms with Gasteiger partial charge < -0.3 is 9.55 Å². The van der Waals surface area contributed by atoms with Gasteiger partial charge in [0.15, 0.2) is 16.4 Å². The highest BCUT2D eigenvalue weighted by Crippen LogP contribution is 2.25. The minimum absolute atomic E-state index is 0.0208. The molecule has 0 amide bonds. The molecule has 1 aromatic carbocycles. The van der Waals surface area contributed by atoms with Gasteiger partial charge in [-0.3, -0.25) is 0 Å². The van der Waals surface area contributed by atoms with Crippen LogP contribution in [0, 0.1) is 16.4 Å². The molecular weight excluding hydrogens is 274 g/mol. The Morgan fingerprint density at radius 3 is 2.83 bits per heavy atom. The molecule has 0 bridgehead atoms. The van der Waals surface area contributed by atoms with Crippen LogP contribution in [0.25, 0.3) is 11.0 Å². The van der Waals surface area contributed by atoms with Crippen molar-refractivity contribution in [2.24, 2.45) is 0 Å². The molecule has 0 fully saturated rings. The molecule has 1 atom stereocenters. The summed E-state index contributed by atoms with van der Waals surface area (Å²) in [6.45, 7) is 4.02. The van der Waals surface area contributed by atoms with Gasteiger partial charge in [0.05, 0.1) is 5.52 Å². The smallest absolute Gasteiger partial charge is 0.184 e. The van der Waals surface area contributed by atoms with E-state index in [0.717, 1.165) is 17.6 Å². The highest BCUT2D eigenvalue weighted by atomic mass is 32.2. The topological polar surface area (TPSA) is 20.7 Å². The highest BCUT2D eigenvalue weighted by molar-refractivity contribution is 7.99. The number of aromatic amines is 1. The minimum Gasteiger partial charge on any atom is -0.330 e. The molecule has 1 unspecified atom stereocenters. The molecule has 2 nitrogen and oxygen atoms in total. The van der Waals surface area contributed by atoms with Gasteiger partial charge in [-0.25, -0.2) is 8.78 Å². The quantitative estimate of drug-likeness (QED) is 0.847. The van der Waals surface area contributed by atoms with Gasteiger partial charge in [-0.05, 0) is 37.0 Å². The van der Waals surface area contributed by atoms with Crippen molar-refractivity contribution in [1.29, 1.82) is 0 Å². The van der Waals surface area contributed by atoms with Crippen LogP contribution in [0.1, 0.15) is 19.9 Å². The molecule has 18 heavy (non-hydrogen) atoms. The van der Waals surface area contributed by atoms with Crippen LogP contribution < -0.4 is 0 Å². The molecule has 1 aromatic heterocycles. The van der Waals surface area contributed by atoms with E-state index in [1.165, 1.54) is 6.07 Å². The van der Waals surface area contributed by atoms with E-state index < -0.39 is 11.6 Å². The van der Waals surface area contributed by atoms with Gasteiger partial charge in [-0.2, -0.15) is 11.8 Å². The fraction of sp³-hybridized carbons (Fsp3) is 0.417. The summed E-state index contributed by atoms with van der Waals surface area (Å²) in [5.74, 6) is 0.110. The fourth-order valence-corrected chi connectivity index (χ4v) is 3.04. The van der Waals surface area contributed by atoms with Gasteiger partial charge >= 0.3 is 0 Å². The summed E-state index contributed by atoms with van der Waals surface area (Å²) in [6, 6.07) is 2.64. The van der Waals surface area contributed by atoms with E-state index >= 15 is 0 Å². The number of nitrogens with zero attached hydrogens (tertiary/aromatic N) is 1. The highest BCUT2D eigenvalue weighted by Gasteiger charge is 2.17. The lowest BCUT2D eigenvalue weighted by Crippen LogP contribution is -2.09. The van der Waals surface area contributed by atoms with Crippen molar-refractivity contribution in [1.82, 2.24) is 9.55 Å². The molecule has 0 aliphatic heterocycles. The van der Waals surface area contributed by atoms with Crippen molar-refractivity contribution in [3.63, 3.8) is 0 Å². The summed E-state index contributed by atoms with van der Waals surface area (Å²) in [4.78, 5) is 2.91. The van der Waals surface area contributed by atoms with E-state index in [0.29, 0.717) is 10.3 Å². The molecule has 0 saturated carbocycles. The van der Waals surface area contributed by atoms with Crippen molar-refractivity contribution in [3.05, 3.63) is 28.5 Å². The Hall–Kier alpha value is -0.880. The summed E-state index contributed by atoms with van der Waals surface area (Å²) >= 11 is 6.94. The summed E-state index contributed by atoms with van der Waals surface area (Å²) in [5, 5.41) is 0. The summed E-state index contributed by atoms with van der Waals surface area (Å²) in [5.41, 5.74) is 0.761. The molecular formula is C12H14F2N2S2. The number of nitrogens with one attached hydrogen (secondary N) is 1. The van der Waals surface area contributed by atoms with Crippen LogP contribution in [0.4, 0.5) is 8.78 Å². The SMILES string of the molecule is CCSCC(C)n1c(=S)[nH]c2ccc(F)c(F)c21. The molecule has 1 heterocycles. The third-order valence-corrected chi connectivity index (χ3v) is 4.20. The van der Waals surface area contributed by atoms with Crippen molar-refractivity contribution >= 4 is 35.0 Å². The Labute approximate surface area is 113 Å². The molecule has 0 aliphatic carbocycles. The monoisotopic (exact) mass is 288 g/mol. The number of rotatable bonds is 4. The molecule has 1 N–H and O–H groups in total. The van der Waals surface area contributed by atoms with Crippen LogP contribution in [0.2, 0.25) is 0 Å². The van der Waals surface area contributed by atoms with Gasteiger partial charge in [0, 0.05) is 11.8 Å². The molecule has 0 aliphatic rings. The number of halogens is 2. The Morgan fingerprint density at radius 1 is 1.44 bits per heavy atom. The van der Waals surface area contributed by atoms with Crippen LogP contribution in [-0.2, 0) is 0 Å². The second-order valence-electron chi connectivity index (χ2n) is 4.07.